The van der Waals surface area contributed by atoms with Crippen LogP contribution in [-0.2, 0) is 4.79 Å². The van der Waals surface area contributed by atoms with E-state index in [9.17, 15) is 4.79 Å². The van der Waals surface area contributed by atoms with E-state index in [2.05, 4.69) is 5.32 Å². The highest BCUT2D eigenvalue weighted by molar-refractivity contribution is 5.78. The van der Waals surface area contributed by atoms with Crippen molar-refractivity contribution in [1.29, 1.82) is 0 Å². The number of nitrogens with zero attached hydrogens (tertiary/aromatic N) is 1. The average Bonchev–Trinajstić information content (AvgIpc) is 2.14. The minimum absolute atomic E-state index is 0.0351. The minimum Gasteiger partial charge on any atom is -0.395 e. The predicted molar refractivity (Wildman–Crippen MR) is 57.1 cm³/mol. The first-order chi connectivity index (χ1) is 6.61. The fourth-order valence-electron chi connectivity index (χ4n) is 1.16. The van der Waals surface area contributed by atoms with Gasteiger partial charge in [0.25, 0.3) is 0 Å². The van der Waals surface area contributed by atoms with Crippen LogP contribution in [0.25, 0.3) is 0 Å². The van der Waals surface area contributed by atoms with Crippen molar-refractivity contribution in [2.24, 2.45) is 0 Å². The first kappa shape index (κ1) is 13.4. The zero-order chi connectivity index (χ0) is 11.0. The molecule has 0 unspecified atom stereocenters. The van der Waals surface area contributed by atoms with Crippen molar-refractivity contribution in [3.8, 4) is 0 Å². The Morgan fingerprint density at radius 3 is 2.50 bits per heavy atom. The van der Waals surface area contributed by atoms with Crippen LogP contribution in [0.2, 0.25) is 0 Å². The van der Waals surface area contributed by atoms with Crippen molar-refractivity contribution in [2.75, 3.05) is 26.2 Å². The highest BCUT2D eigenvalue weighted by atomic mass is 16.3. The predicted octanol–water partition coefficient (Wildman–Crippen LogP) is 0.215. The molecule has 4 heteroatoms. The number of carbonyl (C=O) groups is 1. The van der Waals surface area contributed by atoms with Gasteiger partial charge in [-0.3, -0.25) is 4.79 Å². The maximum Gasteiger partial charge on any atom is 0.236 e. The van der Waals surface area contributed by atoms with Crippen LogP contribution in [-0.4, -0.2) is 48.2 Å². The summed E-state index contributed by atoms with van der Waals surface area (Å²) in [6, 6.07) is 0.316. The van der Waals surface area contributed by atoms with Crippen LogP contribution in [0.4, 0.5) is 0 Å². The molecule has 0 aromatic rings. The van der Waals surface area contributed by atoms with Crippen molar-refractivity contribution in [1.82, 2.24) is 10.2 Å². The Kier molecular flexibility index (Phi) is 7.42. The van der Waals surface area contributed by atoms with Crippen LogP contribution in [0, 0.1) is 0 Å². The number of nitrogens with one attached hydrogen (secondary N) is 1. The number of aliphatic hydroxyl groups is 1. The first-order valence-electron chi connectivity index (χ1n) is 5.23. The van der Waals surface area contributed by atoms with Gasteiger partial charge in [0, 0.05) is 19.1 Å². The lowest BCUT2D eigenvalue weighted by Crippen LogP contribution is -2.41. The zero-order valence-electron chi connectivity index (χ0n) is 9.42. The molecule has 1 amide bonds. The van der Waals surface area contributed by atoms with Gasteiger partial charge in [0.1, 0.15) is 0 Å². The molecule has 0 spiro atoms. The number of amides is 1. The second kappa shape index (κ2) is 7.76. The summed E-state index contributed by atoms with van der Waals surface area (Å²) in [7, 11) is 0. The third-order valence-electron chi connectivity index (χ3n) is 1.88. The second-order valence-corrected chi connectivity index (χ2v) is 3.64. The van der Waals surface area contributed by atoms with Gasteiger partial charge in [-0.2, -0.15) is 0 Å². The molecule has 0 aromatic heterocycles. The SMILES string of the molecule is CCCN(CCO)C(=O)CNC(C)C. The van der Waals surface area contributed by atoms with E-state index in [1.54, 1.807) is 4.90 Å². The molecule has 0 saturated heterocycles. The Morgan fingerprint density at radius 1 is 1.43 bits per heavy atom. The van der Waals surface area contributed by atoms with E-state index in [0.29, 0.717) is 19.1 Å². The summed E-state index contributed by atoms with van der Waals surface area (Å²) in [5.41, 5.74) is 0. The van der Waals surface area contributed by atoms with Gasteiger partial charge in [0.2, 0.25) is 5.91 Å². The molecule has 0 aliphatic heterocycles. The van der Waals surface area contributed by atoms with Crippen LogP contribution in [0.15, 0.2) is 0 Å². The molecule has 0 radical (unpaired) electrons. The largest absolute Gasteiger partial charge is 0.395 e. The van der Waals surface area contributed by atoms with Crippen LogP contribution in [0.3, 0.4) is 0 Å². The maximum absolute atomic E-state index is 11.6. The van der Waals surface area contributed by atoms with Gasteiger partial charge in [-0.15, -0.1) is 0 Å². The third-order valence-corrected chi connectivity index (χ3v) is 1.88. The van der Waals surface area contributed by atoms with Crippen molar-refractivity contribution in [3.63, 3.8) is 0 Å². The van der Waals surface area contributed by atoms with Gasteiger partial charge in [-0.25, -0.2) is 0 Å². The minimum atomic E-state index is 0.0351. The van der Waals surface area contributed by atoms with Gasteiger partial charge >= 0.3 is 0 Å². The summed E-state index contributed by atoms with van der Waals surface area (Å²) in [5, 5.41) is 11.8. The Morgan fingerprint density at radius 2 is 2.07 bits per heavy atom. The van der Waals surface area contributed by atoms with Crippen molar-refractivity contribution in [2.45, 2.75) is 33.2 Å². The van der Waals surface area contributed by atoms with E-state index in [-0.39, 0.29) is 12.5 Å². The molecule has 0 aliphatic carbocycles. The molecule has 4 nitrogen and oxygen atoms in total. The highest BCUT2D eigenvalue weighted by Gasteiger charge is 2.11. The first-order valence-corrected chi connectivity index (χ1v) is 5.23. The van der Waals surface area contributed by atoms with Gasteiger partial charge in [0.05, 0.1) is 13.2 Å². The van der Waals surface area contributed by atoms with E-state index in [1.165, 1.54) is 0 Å². The number of carbonyl (C=O) groups excluding carboxylic acids is 1. The quantitative estimate of drug-likeness (QED) is 0.621. The molecule has 0 heterocycles. The van der Waals surface area contributed by atoms with Gasteiger partial charge in [0.15, 0.2) is 0 Å². The molecule has 0 rings (SSSR count). The van der Waals surface area contributed by atoms with Crippen molar-refractivity contribution >= 4 is 5.91 Å². The van der Waals surface area contributed by atoms with Crippen LogP contribution < -0.4 is 5.32 Å². The lowest BCUT2D eigenvalue weighted by molar-refractivity contribution is -0.130. The lowest BCUT2D eigenvalue weighted by Gasteiger charge is -2.21. The molecule has 0 aromatic carbocycles. The molecule has 14 heavy (non-hydrogen) atoms. The van der Waals surface area contributed by atoms with E-state index in [4.69, 9.17) is 5.11 Å². The fourth-order valence-corrected chi connectivity index (χ4v) is 1.16. The summed E-state index contributed by atoms with van der Waals surface area (Å²) >= 11 is 0. The number of rotatable bonds is 7. The summed E-state index contributed by atoms with van der Waals surface area (Å²) in [6.45, 7) is 7.58. The molecule has 0 saturated carbocycles. The number of hydrogen-bond donors (Lipinski definition) is 2. The molecule has 2 N–H and O–H groups in total. The van der Waals surface area contributed by atoms with E-state index in [1.807, 2.05) is 20.8 Å². The van der Waals surface area contributed by atoms with Gasteiger partial charge in [-0.05, 0) is 6.42 Å². The van der Waals surface area contributed by atoms with Crippen LogP contribution >= 0.6 is 0 Å². The normalized spacial score (nSPS) is 10.6. The summed E-state index contributed by atoms with van der Waals surface area (Å²) in [5.74, 6) is 0.0644. The Hall–Kier alpha value is -0.610. The number of aliphatic hydroxyl groups excluding tert-OH is 1. The van der Waals surface area contributed by atoms with Crippen molar-refractivity contribution < 1.29 is 9.90 Å². The molecule has 0 aliphatic rings. The standard InChI is InChI=1S/C10H22N2O2/c1-4-5-12(6-7-13)10(14)8-11-9(2)3/h9,11,13H,4-8H2,1-3H3. The van der Waals surface area contributed by atoms with Crippen molar-refractivity contribution in [3.05, 3.63) is 0 Å². The Balaban J connectivity index is 3.88. The summed E-state index contributed by atoms with van der Waals surface area (Å²) in [4.78, 5) is 13.3. The smallest absolute Gasteiger partial charge is 0.236 e. The lowest BCUT2D eigenvalue weighted by atomic mass is 10.3. The zero-order valence-corrected chi connectivity index (χ0v) is 9.42. The Labute approximate surface area is 86.3 Å². The molecular formula is C10H22N2O2. The van der Waals surface area contributed by atoms with E-state index >= 15 is 0 Å². The highest BCUT2D eigenvalue weighted by Crippen LogP contribution is 1.92. The molecular weight excluding hydrogens is 180 g/mol. The monoisotopic (exact) mass is 202 g/mol. The summed E-state index contributed by atoms with van der Waals surface area (Å²) < 4.78 is 0. The van der Waals surface area contributed by atoms with Gasteiger partial charge in [-0.1, -0.05) is 20.8 Å². The third kappa shape index (κ3) is 5.94. The number of hydrogen-bond acceptors (Lipinski definition) is 3. The maximum atomic E-state index is 11.6. The van der Waals surface area contributed by atoms with Gasteiger partial charge < -0.3 is 15.3 Å². The van der Waals surface area contributed by atoms with Crippen LogP contribution in [0.1, 0.15) is 27.2 Å². The van der Waals surface area contributed by atoms with E-state index < -0.39 is 0 Å². The van der Waals surface area contributed by atoms with E-state index in [0.717, 1.165) is 13.0 Å². The van der Waals surface area contributed by atoms with Crippen LogP contribution in [0.5, 0.6) is 0 Å². The average molecular weight is 202 g/mol. The molecule has 0 bridgehead atoms. The molecule has 0 fully saturated rings. The summed E-state index contributed by atoms with van der Waals surface area (Å²) in [6.07, 6.45) is 0.924. The fraction of sp³-hybridized carbons (Fsp3) is 0.900. The second-order valence-electron chi connectivity index (χ2n) is 3.64. The molecule has 0 atom stereocenters. The topological polar surface area (TPSA) is 52.6 Å². The molecule has 84 valence electrons. The Bertz CT molecular complexity index is 154.